The minimum absolute atomic E-state index is 0.0267. The highest BCUT2D eigenvalue weighted by Gasteiger charge is 2.60. The van der Waals surface area contributed by atoms with E-state index in [1.54, 1.807) is 14.0 Å². The number of aliphatic carboxylic acids is 1. The molecule has 3 amide bonds. The average molecular weight is 553 g/mol. The van der Waals surface area contributed by atoms with E-state index in [0.717, 1.165) is 24.1 Å². The molecule has 4 aliphatic rings. The van der Waals surface area contributed by atoms with Gasteiger partial charge < -0.3 is 41.1 Å². The van der Waals surface area contributed by atoms with Crippen molar-refractivity contribution in [1.82, 2.24) is 25.8 Å². The second kappa shape index (κ2) is 11.5. The maximum atomic E-state index is 13.2. The lowest BCUT2D eigenvalue weighted by Crippen LogP contribution is -2.66. The fraction of sp³-hybridized carbons (Fsp3) is 0.760. The van der Waals surface area contributed by atoms with Crippen molar-refractivity contribution < 1.29 is 28.8 Å². The highest BCUT2D eigenvalue weighted by molar-refractivity contribution is 8.03. The van der Waals surface area contributed by atoms with Gasteiger partial charge in [0.25, 0.3) is 0 Å². The Morgan fingerprint density at radius 2 is 1.97 bits per heavy atom. The summed E-state index contributed by atoms with van der Waals surface area (Å²) in [5.41, 5.74) is 5.80. The Bertz CT molecular complexity index is 999. The molecule has 0 radical (unpaired) electrons. The summed E-state index contributed by atoms with van der Waals surface area (Å²) in [5.74, 6) is -2.14. The molecular formula is C25H42N7O5S+. The number of hydrogen-bond donors (Lipinski definition) is 5. The predicted octanol–water partition coefficient (Wildman–Crippen LogP) is -1.81. The summed E-state index contributed by atoms with van der Waals surface area (Å²) in [6, 6.07) is -1.00. The van der Waals surface area contributed by atoms with Crippen LogP contribution >= 0.6 is 11.8 Å². The van der Waals surface area contributed by atoms with Gasteiger partial charge in [-0.3, -0.25) is 14.4 Å². The van der Waals surface area contributed by atoms with E-state index in [2.05, 4.69) is 23.0 Å². The summed E-state index contributed by atoms with van der Waals surface area (Å²) in [7, 11) is 3.86. The second-order valence-corrected chi connectivity index (χ2v) is 12.6. The molecular weight excluding hydrogens is 510 g/mol. The van der Waals surface area contributed by atoms with Gasteiger partial charge in [-0.25, -0.2) is 4.79 Å². The number of hydrogen-bond acceptors (Lipinski definition) is 8. The quantitative estimate of drug-likeness (QED) is 0.156. The number of rotatable bonds is 10. The molecule has 0 spiro atoms. The van der Waals surface area contributed by atoms with E-state index in [1.807, 2.05) is 11.8 Å². The molecule has 4 rings (SSSR count). The molecule has 1 unspecified atom stereocenters. The van der Waals surface area contributed by atoms with Crippen LogP contribution in [0.3, 0.4) is 0 Å². The summed E-state index contributed by atoms with van der Waals surface area (Å²) in [6.45, 7) is 9.22. The largest absolute Gasteiger partial charge is 0.477 e. The van der Waals surface area contributed by atoms with Gasteiger partial charge in [0.1, 0.15) is 5.70 Å². The molecule has 4 aliphatic heterocycles. The summed E-state index contributed by atoms with van der Waals surface area (Å²) in [6.07, 6.45) is 0.608. The van der Waals surface area contributed by atoms with Crippen LogP contribution in [0.25, 0.3) is 0 Å². The van der Waals surface area contributed by atoms with E-state index < -0.39 is 17.9 Å². The number of carboxylic acids is 1. The fourth-order valence-electron chi connectivity index (χ4n) is 6.34. The third kappa shape index (κ3) is 5.44. The Labute approximate surface area is 228 Å². The molecule has 3 fully saturated rings. The van der Waals surface area contributed by atoms with Gasteiger partial charge in [-0.15, -0.1) is 11.8 Å². The van der Waals surface area contributed by atoms with Crippen LogP contribution in [0, 0.1) is 11.8 Å². The molecule has 0 bridgehead atoms. The average Bonchev–Trinajstić information content (AvgIpc) is 3.41. The molecule has 13 heteroatoms. The number of fused-ring (bicyclic) bond motifs is 1. The second-order valence-electron chi connectivity index (χ2n) is 11.3. The Hall–Kier alpha value is -2.19. The Morgan fingerprint density at radius 1 is 1.29 bits per heavy atom. The van der Waals surface area contributed by atoms with Gasteiger partial charge in [-0.05, 0) is 20.4 Å². The number of carboxylic acid groups (broad SMARTS) is 1. The van der Waals surface area contributed by atoms with E-state index in [4.69, 9.17) is 5.73 Å². The van der Waals surface area contributed by atoms with Gasteiger partial charge in [-0.1, -0.05) is 6.92 Å². The maximum Gasteiger partial charge on any atom is 0.353 e. The number of quaternary nitrogens is 1. The van der Waals surface area contributed by atoms with Gasteiger partial charge in [-0.2, -0.15) is 0 Å². The van der Waals surface area contributed by atoms with Crippen molar-refractivity contribution in [3.05, 3.63) is 10.6 Å². The first kappa shape index (κ1) is 28.8. The number of carbonyl (C=O) groups is 4. The van der Waals surface area contributed by atoms with Crippen molar-refractivity contribution in [2.45, 2.75) is 43.6 Å². The molecule has 212 valence electrons. The van der Waals surface area contributed by atoms with Crippen LogP contribution in [0.15, 0.2) is 10.6 Å². The van der Waals surface area contributed by atoms with Gasteiger partial charge in [0, 0.05) is 35.2 Å². The summed E-state index contributed by atoms with van der Waals surface area (Å²) < 4.78 is 0.885. The summed E-state index contributed by atoms with van der Waals surface area (Å²) in [4.78, 5) is 54.6. The fourth-order valence-corrected chi connectivity index (χ4v) is 7.82. The topological polar surface area (TPSA) is 157 Å². The number of amides is 3. The molecule has 0 saturated carbocycles. The van der Waals surface area contributed by atoms with Crippen LogP contribution in [-0.4, -0.2) is 133 Å². The first-order valence-electron chi connectivity index (χ1n) is 13.5. The molecule has 6 N–H and O–H groups in total. The zero-order chi connectivity index (χ0) is 27.8. The third-order valence-electron chi connectivity index (χ3n) is 8.54. The van der Waals surface area contributed by atoms with Crippen molar-refractivity contribution in [1.29, 1.82) is 0 Å². The summed E-state index contributed by atoms with van der Waals surface area (Å²) >= 11 is 1.48. The van der Waals surface area contributed by atoms with Gasteiger partial charge in [0.15, 0.2) is 0 Å². The van der Waals surface area contributed by atoms with E-state index in [9.17, 15) is 24.3 Å². The van der Waals surface area contributed by atoms with Gasteiger partial charge in [0.05, 0.1) is 64.3 Å². The lowest BCUT2D eigenvalue weighted by molar-refractivity contribution is -0.911. The standard InChI is InChI=1S/C25H41N7O5S/c1-14-20-19(15(2)29-18(33)13-27-3)24(35)31(20)21(25(36)37)22(14)38-16-11-17(28-12-16)23(34)30-6-9-32(4,8-5-26)10-7-30/h14-17,19-20,27-28H,5-13,26H2,1-4H3,(H-,29,33,36,37)/p+1/t14-,15?,16+,17+,19-,20-/m1/s1. The number of thioether (sulfide) groups is 1. The lowest BCUT2D eigenvalue weighted by atomic mass is 9.78. The van der Waals surface area contributed by atoms with E-state index in [-0.39, 0.29) is 53.2 Å². The number of nitrogens with two attached hydrogens (primary N) is 1. The Morgan fingerprint density at radius 3 is 2.58 bits per heavy atom. The number of β-lactam (4-membered cyclic amide) rings is 1. The molecule has 0 aromatic rings. The van der Waals surface area contributed by atoms with Crippen LogP contribution in [0.1, 0.15) is 20.3 Å². The Kier molecular flexibility index (Phi) is 8.72. The molecule has 6 atom stereocenters. The van der Waals surface area contributed by atoms with Crippen LogP contribution in [0.2, 0.25) is 0 Å². The number of nitrogens with zero attached hydrogens (tertiary/aromatic N) is 3. The molecule has 38 heavy (non-hydrogen) atoms. The first-order valence-corrected chi connectivity index (χ1v) is 14.4. The van der Waals surface area contributed by atoms with Crippen LogP contribution in [-0.2, 0) is 19.2 Å². The van der Waals surface area contributed by atoms with Crippen molar-refractivity contribution in [3.63, 3.8) is 0 Å². The van der Waals surface area contributed by atoms with Gasteiger partial charge >= 0.3 is 5.97 Å². The van der Waals surface area contributed by atoms with Crippen molar-refractivity contribution in [2.75, 3.05) is 66.5 Å². The molecule has 4 heterocycles. The van der Waals surface area contributed by atoms with E-state index in [1.165, 1.54) is 16.7 Å². The zero-order valence-electron chi connectivity index (χ0n) is 22.7. The highest BCUT2D eigenvalue weighted by atomic mass is 32.2. The molecule has 0 aromatic heterocycles. The first-order chi connectivity index (χ1) is 18.0. The molecule has 0 aliphatic carbocycles. The normalized spacial score (nSPS) is 31.2. The maximum absolute atomic E-state index is 13.2. The smallest absolute Gasteiger partial charge is 0.353 e. The number of piperazine rings is 1. The predicted molar refractivity (Wildman–Crippen MR) is 144 cm³/mol. The highest BCUT2D eigenvalue weighted by Crippen LogP contribution is 2.51. The molecule has 3 saturated heterocycles. The lowest BCUT2D eigenvalue weighted by Gasteiger charge is -2.47. The van der Waals surface area contributed by atoms with Crippen molar-refractivity contribution in [3.8, 4) is 0 Å². The number of nitrogens with one attached hydrogen (secondary N) is 3. The van der Waals surface area contributed by atoms with Gasteiger partial charge in [0.2, 0.25) is 17.7 Å². The third-order valence-corrected chi connectivity index (χ3v) is 10.0. The minimum atomic E-state index is -1.12. The number of carbonyl (C=O) groups excluding carboxylic acids is 3. The van der Waals surface area contributed by atoms with Crippen molar-refractivity contribution >= 4 is 35.5 Å². The van der Waals surface area contributed by atoms with E-state index >= 15 is 0 Å². The zero-order valence-corrected chi connectivity index (χ0v) is 23.6. The van der Waals surface area contributed by atoms with Crippen LogP contribution in [0.4, 0.5) is 0 Å². The van der Waals surface area contributed by atoms with Crippen LogP contribution < -0.4 is 21.7 Å². The number of likely N-dealkylation sites (N-methyl/N-ethyl adjacent to an activating group) is 2. The molecule has 0 aromatic carbocycles. The van der Waals surface area contributed by atoms with Crippen molar-refractivity contribution in [2.24, 2.45) is 17.6 Å². The van der Waals surface area contributed by atoms with E-state index in [0.29, 0.717) is 37.5 Å². The minimum Gasteiger partial charge on any atom is -0.477 e. The van der Waals surface area contributed by atoms with Crippen LogP contribution in [0.5, 0.6) is 0 Å². The SMILES string of the molecule is CNCC(=O)NC(C)[C@H]1C(=O)N2C(C(=O)O)=C(S[C@@H]3CN[C@H](C(=O)N4CC[N+](C)(CCN)CC4)C3)[C@H](C)[C@H]12. The monoisotopic (exact) mass is 552 g/mol. The summed E-state index contributed by atoms with van der Waals surface area (Å²) in [5, 5.41) is 19.0. The molecule has 12 nitrogen and oxygen atoms in total. The Balaban J connectivity index is 1.38.